The van der Waals surface area contributed by atoms with Gasteiger partial charge in [0.2, 0.25) is 6.10 Å². The monoisotopic (exact) mass is 355 g/mol. The smallest absolute Gasteiger partial charge is 0.265 e. The van der Waals surface area contributed by atoms with E-state index in [4.69, 9.17) is 14.2 Å². The lowest BCUT2D eigenvalue weighted by Crippen LogP contribution is -2.45. The Bertz CT molecular complexity index is 742. The highest BCUT2D eigenvalue weighted by Gasteiger charge is 2.29. The van der Waals surface area contributed by atoms with E-state index in [1.165, 1.54) is 0 Å². The molecule has 1 heterocycles. The predicted molar refractivity (Wildman–Crippen MR) is 99.7 cm³/mol. The lowest BCUT2D eigenvalue weighted by Gasteiger charge is -2.28. The average Bonchev–Trinajstić information content (AvgIpc) is 2.66. The van der Waals surface area contributed by atoms with Gasteiger partial charge in [-0.3, -0.25) is 4.79 Å². The molecule has 1 aliphatic heterocycles. The number of carbonyl (C=O) groups excluding carboxylic acids is 1. The number of rotatable bonds is 6. The molecular formula is C21H25NO4. The Morgan fingerprint density at radius 1 is 1.15 bits per heavy atom. The van der Waals surface area contributed by atoms with Gasteiger partial charge in [-0.15, -0.1) is 0 Å². The molecule has 0 aliphatic carbocycles. The van der Waals surface area contributed by atoms with Crippen molar-refractivity contribution in [3.8, 4) is 17.2 Å². The molecule has 3 rings (SSSR count). The van der Waals surface area contributed by atoms with Gasteiger partial charge in [0.25, 0.3) is 5.91 Å². The maximum Gasteiger partial charge on any atom is 0.265 e. The summed E-state index contributed by atoms with van der Waals surface area (Å²) >= 11 is 0. The highest BCUT2D eigenvalue weighted by atomic mass is 16.6. The van der Waals surface area contributed by atoms with Crippen LogP contribution < -0.4 is 19.5 Å². The van der Waals surface area contributed by atoms with Crippen molar-refractivity contribution in [1.29, 1.82) is 0 Å². The van der Waals surface area contributed by atoms with Crippen LogP contribution in [-0.2, 0) is 4.79 Å². The minimum absolute atomic E-state index is 0.0887. The molecule has 1 amide bonds. The summed E-state index contributed by atoms with van der Waals surface area (Å²) in [4.78, 5) is 12.8. The van der Waals surface area contributed by atoms with Gasteiger partial charge in [-0.1, -0.05) is 38.1 Å². The van der Waals surface area contributed by atoms with Crippen molar-refractivity contribution in [2.24, 2.45) is 5.92 Å². The van der Waals surface area contributed by atoms with E-state index in [2.05, 4.69) is 19.2 Å². The van der Waals surface area contributed by atoms with Crippen molar-refractivity contribution in [1.82, 2.24) is 5.32 Å². The number of ether oxygens (including phenoxy) is 3. The zero-order valence-electron chi connectivity index (χ0n) is 15.4. The SMILES string of the molecule is COc1ccc([C@H](CC(C)C)NC(=O)[C@@H]2COc3ccccc3O2)cc1. The maximum atomic E-state index is 12.8. The molecule has 0 fully saturated rings. The summed E-state index contributed by atoms with van der Waals surface area (Å²) in [6.07, 6.45) is 0.181. The quantitative estimate of drug-likeness (QED) is 0.858. The van der Waals surface area contributed by atoms with Crippen LogP contribution in [0.25, 0.3) is 0 Å². The summed E-state index contributed by atoms with van der Waals surface area (Å²) in [5.41, 5.74) is 1.05. The molecule has 0 unspecified atom stereocenters. The first-order valence-electron chi connectivity index (χ1n) is 8.89. The number of carbonyl (C=O) groups is 1. The van der Waals surface area contributed by atoms with Crippen LogP contribution in [0.15, 0.2) is 48.5 Å². The molecule has 2 aromatic rings. The van der Waals surface area contributed by atoms with Gasteiger partial charge in [0.05, 0.1) is 13.2 Å². The van der Waals surface area contributed by atoms with Crippen LogP contribution in [0.1, 0.15) is 31.9 Å². The molecule has 0 saturated heterocycles. The summed E-state index contributed by atoms with van der Waals surface area (Å²) in [6.45, 7) is 4.48. The minimum Gasteiger partial charge on any atom is -0.497 e. The second-order valence-corrected chi connectivity index (χ2v) is 6.83. The molecule has 26 heavy (non-hydrogen) atoms. The molecule has 0 radical (unpaired) electrons. The molecule has 1 aliphatic rings. The highest BCUT2D eigenvalue weighted by Crippen LogP contribution is 2.31. The number of methoxy groups -OCH3 is 1. The van der Waals surface area contributed by atoms with Gasteiger partial charge < -0.3 is 19.5 Å². The number of hydrogen-bond acceptors (Lipinski definition) is 4. The molecule has 2 atom stereocenters. The van der Waals surface area contributed by atoms with Crippen LogP contribution in [0.2, 0.25) is 0 Å². The van der Waals surface area contributed by atoms with Gasteiger partial charge in [-0.2, -0.15) is 0 Å². The van der Waals surface area contributed by atoms with E-state index in [0.717, 1.165) is 17.7 Å². The lowest BCUT2D eigenvalue weighted by molar-refractivity contribution is -0.131. The summed E-state index contributed by atoms with van der Waals surface area (Å²) in [6, 6.07) is 15.1. The number of hydrogen-bond donors (Lipinski definition) is 1. The van der Waals surface area contributed by atoms with Gasteiger partial charge >= 0.3 is 0 Å². The van der Waals surface area contributed by atoms with Crippen LogP contribution in [0.3, 0.4) is 0 Å². The number of benzene rings is 2. The van der Waals surface area contributed by atoms with Crippen LogP contribution in [0, 0.1) is 5.92 Å². The Kier molecular flexibility index (Phi) is 5.66. The van der Waals surface area contributed by atoms with E-state index in [1.807, 2.05) is 48.5 Å². The van der Waals surface area contributed by atoms with Crippen molar-refractivity contribution in [3.63, 3.8) is 0 Å². The van der Waals surface area contributed by atoms with E-state index < -0.39 is 6.10 Å². The second kappa shape index (κ2) is 8.13. The van der Waals surface area contributed by atoms with Crippen LogP contribution in [0.4, 0.5) is 0 Å². The Hall–Kier alpha value is -2.69. The van der Waals surface area contributed by atoms with Gasteiger partial charge in [0.1, 0.15) is 12.4 Å². The Balaban J connectivity index is 1.71. The minimum atomic E-state index is -0.655. The number of para-hydroxylation sites is 2. The fourth-order valence-electron chi connectivity index (χ4n) is 3.00. The van der Waals surface area contributed by atoms with Crippen molar-refractivity contribution in [2.75, 3.05) is 13.7 Å². The lowest BCUT2D eigenvalue weighted by atomic mass is 9.96. The van der Waals surface area contributed by atoms with Crippen LogP contribution in [-0.4, -0.2) is 25.7 Å². The third-order valence-corrected chi connectivity index (χ3v) is 4.34. The Morgan fingerprint density at radius 2 is 1.85 bits per heavy atom. The molecule has 0 bridgehead atoms. The zero-order valence-corrected chi connectivity index (χ0v) is 15.4. The Morgan fingerprint density at radius 3 is 2.50 bits per heavy atom. The molecule has 5 nitrogen and oxygen atoms in total. The topological polar surface area (TPSA) is 56.8 Å². The highest BCUT2D eigenvalue weighted by molar-refractivity contribution is 5.82. The summed E-state index contributed by atoms with van der Waals surface area (Å²) in [7, 11) is 1.64. The molecule has 5 heteroatoms. The average molecular weight is 355 g/mol. The van der Waals surface area contributed by atoms with Gasteiger partial charge in [-0.05, 0) is 42.2 Å². The Labute approximate surface area is 154 Å². The third kappa shape index (κ3) is 4.28. The van der Waals surface area contributed by atoms with E-state index >= 15 is 0 Å². The molecule has 0 saturated carbocycles. The standard InChI is InChI=1S/C21H25NO4/c1-14(2)12-17(15-8-10-16(24-3)11-9-15)22-21(23)20-13-25-18-6-4-5-7-19(18)26-20/h4-11,14,17,20H,12-13H2,1-3H3,(H,22,23)/t17-,20-/m0/s1. The second-order valence-electron chi connectivity index (χ2n) is 6.83. The fraction of sp³-hybridized carbons (Fsp3) is 0.381. The van der Waals surface area contributed by atoms with Gasteiger partial charge in [-0.25, -0.2) is 0 Å². The van der Waals surface area contributed by atoms with Crippen LogP contribution >= 0.6 is 0 Å². The van der Waals surface area contributed by atoms with E-state index in [1.54, 1.807) is 7.11 Å². The van der Waals surface area contributed by atoms with E-state index in [0.29, 0.717) is 17.4 Å². The number of nitrogens with one attached hydrogen (secondary N) is 1. The first kappa shape index (κ1) is 18.1. The fourth-order valence-corrected chi connectivity index (χ4v) is 3.00. The first-order valence-corrected chi connectivity index (χ1v) is 8.89. The number of amides is 1. The van der Waals surface area contributed by atoms with Crippen molar-refractivity contribution in [2.45, 2.75) is 32.4 Å². The third-order valence-electron chi connectivity index (χ3n) is 4.34. The predicted octanol–water partition coefficient (Wildman–Crippen LogP) is 3.74. The summed E-state index contributed by atoms with van der Waals surface area (Å²) in [5.74, 6) is 2.34. The normalized spacial score (nSPS) is 16.8. The molecule has 1 N–H and O–H groups in total. The van der Waals surface area contributed by atoms with Crippen molar-refractivity contribution in [3.05, 3.63) is 54.1 Å². The largest absolute Gasteiger partial charge is 0.497 e. The van der Waals surface area contributed by atoms with Crippen molar-refractivity contribution < 1.29 is 19.0 Å². The summed E-state index contributed by atoms with van der Waals surface area (Å²) in [5, 5.41) is 3.12. The molecule has 2 aromatic carbocycles. The first-order chi connectivity index (χ1) is 12.6. The zero-order chi connectivity index (χ0) is 18.5. The van der Waals surface area contributed by atoms with Crippen LogP contribution in [0.5, 0.6) is 17.2 Å². The molecule has 138 valence electrons. The molecule has 0 aromatic heterocycles. The van der Waals surface area contributed by atoms with Gasteiger partial charge in [0, 0.05) is 0 Å². The van der Waals surface area contributed by atoms with E-state index in [9.17, 15) is 4.79 Å². The maximum absolute atomic E-state index is 12.8. The molecule has 0 spiro atoms. The van der Waals surface area contributed by atoms with Crippen molar-refractivity contribution >= 4 is 5.91 Å². The summed E-state index contributed by atoms with van der Waals surface area (Å²) < 4.78 is 16.7. The number of fused-ring (bicyclic) bond motifs is 1. The van der Waals surface area contributed by atoms with E-state index in [-0.39, 0.29) is 18.6 Å². The van der Waals surface area contributed by atoms with Gasteiger partial charge in [0.15, 0.2) is 11.5 Å². The molecular weight excluding hydrogens is 330 g/mol.